The third kappa shape index (κ3) is 4.31. The van der Waals surface area contributed by atoms with Gasteiger partial charge in [0.05, 0.1) is 0 Å². The summed E-state index contributed by atoms with van der Waals surface area (Å²) in [7, 11) is 0. The first-order valence-electron chi connectivity index (χ1n) is 8.18. The van der Waals surface area contributed by atoms with Crippen LogP contribution in [-0.2, 0) is 0 Å². The first kappa shape index (κ1) is 17.0. The molecular weight excluding hydrogens is 279 g/mol. The Balaban J connectivity index is 2.20. The van der Waals surface area contributed by atoms with Crippen LogP contribution in [0, 0.1) is 12.7 Å². The van der Waals surface area contributed by atoms with Gasteiger partial charge in [0.25, 0.3) is 0 Å². The number of rotatable bonds is 7. The number of piperazine rings is 1. The van der Waals surface area contributed by atoms with E-state index in [0.29, 0.717) is 5.56 Å². The van der Waals surface area contributed by atoms with E-state index in [9.17, 15) is 9.50 Å². The van der Waals surface area contributed by atoms with E-state index in [2.05, 4.69) is 16.8 Å². The summed E-state index contributed by atoms with van der Waals surface area (Å²) in [4.78, 5) is 2.36. The molecular formula is C18H27FN2O. The molecule has 0 bridgehead atoms. The number of nitrogens with one attached hydrogen (secondary N) is 1. The van der Waals surface area contributed by atoms with Crippen molar-refractivity contribution in [3.63, 3.8) is 0 Å². The smallest absolute Gasteiger partial charge is 0.124 e. The monoisotopic (exact) mass is 306 g/mol. The topological polar surface area (TPSA) is 35.5 Å². The summed E-state index contributed by atoms with van der Waals surface area (Å²) in [6.07, 6.45) is 6.01. The minimum absolute atomic E-state index is 0.0846. The lowest BCUT2D eigenvalue weighted by molar-refractivity contribution is 0.160. The summed E-state index contributed by atoms with van der Waals surface area (Å²) in [6, 6.07) is 2.98. The maximum Gasteiger partial charge on any atom is 0.124 e. The zero-order valence-electron chi connectivity index (χ0n) is 13.4. The van der Waals surface area contributed by atoms with E-state index >= 15 is 0 Å². The molecule has 1 heterocycles. The Kier molecular flexibility index (Phi) is 6.40. The molecule has 0 aromatic heterocycles. The van der Waals surface area contributed by atoms with Gasteiger partial charge in [-0.15, -0.1) is 6.58 Å². The van der Waals surface area contributed by atoms with Crippen LogP contribution in [-0.4, -0.2) is 36.2 Å². The molecule has 1 atom stereocenters. The van der Waals surface area contributed by atoms with Crippen LogP contribution in [0.5, 0.6) is 5.75 Å². The maximum absolute atomic E-state index is 13.8. The van der Waals surface area contributed by atoms with E-state index in [1.54, 1.807) is 6.92 Å². The number of phenols is 1. The van der Waals surface area contributed by atoms with Crippen molar-refractivity contribution < 1.29 is 9.50 Å². The molecule has 0 amide bonds. The Labute approximate surface area is 132 Å². The molecule has 1 fully saturated rings. The number of halogens is 1. The second kappa shape index (κ2) is 8.30. The fourth-order valence-electron chi connectivity index (χ4n) is 3.17. The molecule has 0 spiro atoms. The van der Waals surface area contributed by atoms with Crippen molar-refractivity contribution >= 4 is 0 Å². The third-order valence-corrected chi connectivity index (χ3v) is 4.38. The summed E-state index contributed by atoms with van der Waals surface area (Å²) in [6.45, 7) is 9.26. The molecule has 0 radical (unpaired) electrons. The molecule has 1 aliphatic rings. The van der Waals surface area contributed by atoms with Crippen LogP contribution >= 0.6 is 0 Å². The maximum atomic E-state index is 13.8. The Morgan fingerprint density at radius 2 is 2.09 bits per heavy atom. The Morgan fingerprint density at radius 3 is 2.77 bits per heavy atom. The molecule has 1 aromatic carbocycles. The molecule has 22 heavy (non-hydrogen) atoms. The lowest BCUT2D eigenvalue weighted by atomic mass is 9.95. The number of hydrogen-bond acceptors (Lipinski definition) is 3. The van der Waals surface area contributed by atoms with E-state index < -0.39 is 0 Å². The van der Waals surface area contributed by atoms with E-state index in [1.165, 1.54) is 12.1 Å². The first-order chi connectivity index (χ1) is 10.6. The van der Waals surface area contributed by atoms with E-state index in [-0.39, 0.29) is 17.6 Å². The van der Waals surface area contributed by atoms with Crippen LogP contribution in [0.25, 0.3) is 0 Å². The molecule has 1 aliphatic heterocycles. The largest absolute Gasteiger partial charge is 0.507 e. The van der Waals surface area contributed by atoms with Crippen LogP contribution in [0.1, 0.15) is 42.9 Å². The van der Waals surface area contributed by atoms with Gasteiger partial charge in [-0.05, 0) is 43.9 Å². The van der Waals surface area contributed by atoms with Crippen molar-refractivity contribution in [1.29, 1.82) is 0 Å². The van der Waals surface area contributed by atoms with Crippen LogP contribution in [0.15, 0.2) is 24.8 Å². The first-order valence-corrected chi connectivity index (χ1v) is 8.18. The van der Waals surface area contributed by atoms with Crippen molar-refractivity contribution in [2.45, 2.75) is 38.6 Å². The predicted molar refractivity (Wildman–Crippen MR) is 88.7 cm³/mol. The number of aromatic hydroxyl groups is 1. The molecule has 0 unspecified atom stereocenters. The molecule has 4 heteroatoms. The quantitative estimate of drug-likeness (QED) is 0.597. The van der Waals surface area contributed by atoms with E-state index in [4.69, 9.17) is 0 Å². The Morgan fingerprint density at radius 1 is 1.36 bits per heavy atom. The van der Waals surface area contributed by atoms with Gasteiger partial charge in [-0.2, -0.15) is 0 Å². The van der Waals surface area contributed by atoms with Gasteiger partial charge in [-0.3, -0.25) is 4.90 Å². The number of aryl methyl sites for hydroxylation is 1. The van der Waals surface area contributed by atoms with Crippen molar-refractivity contribution in [2.75, 3.05) is 26.2 Å². The highest BCUT2D eigenvalue weighted by atomic mass is 19.1. The van der Waals surface area contributed by atoms with Crippen LogP contribution in [0.3, 0.4) is 0 Å². The molecule has 0 aliphatic carbocycles. The Bertz CT molecular complexity index is 498. The molecule has 2 rings (SSSR count). The van der Waals surface area contributed by atoms with Crippen molar-refractivity contribution in [1.82, 2.24) is 10.2 Å². The fourth-order valence-corrected chi connectivity index (χ4v) is 3.17. The molecule has 0 saturated carbocycles. The SMILES string of the molecule is C=CCCCC[C@H](c1cc(F)cc(C)c1O)N1CCNCC1. The number of hydrogen-bond donors (Lipinski definition) is 2. The van der Waals surface area contributed by atoms with Gasteiger partial charge < -0.3 is 10.4 Å². The number of unbranched alkanes of at least 4 members (excludes halogenated alkanes) is 2. The van der Waals surface area contributed by atoms with Crippen molar-refractivity contribution in [2.24, 2.45) is 0 Å². The van der Waals surface area contributed by atoms with Crippen molar-refractivity contribution in [3.05, 3.63) is 41.7 Å². The van der Waals surface area contributed by atoms with Crippen molar-refractivity contribution in [3.8, 4) is 5.75 Å². The molecule has 1 aromatic rings. The number of allylic oxidation sites excluding steroid dienone is 1. The number of benzene rings is 1. The Hall–Kier alpha value is -1.39. The summed E-state index contributed by atoms with van der Waals surface area (Å²) in [5, 5.41) is 13.7. The number of nitrogens with zero attached hydrogens (tertiary/aromatic N) is 1. The van der Waals surface area contributed by atoms with Gasteiger partial charge in [0, 0.05) is 37.8 Å². The zero-order chi connectivity index (χ0) is 15.9. The average Bonchev–Trinajstić information content (AvgIpc) is 2.52. The van der Waals surface area contributed by atoms with Gasteiger partial charge in [-0.1, -0.05) is 12.5 Å². The second-order valence-electron chi connectivity index (χ2n) is 6.04. The van der Waals surface area contributed by atoms with Gasteiger partial charge in [0.1, 0.15) is 11.6 Å². The predicted octanol–water partition coefficient (Wildman–Crippen LogP) is 3.53. The molecule has 3 nitrogen and oxygen atoms in total. The van der Waals surface area contributed by atoms with Crippen LogP contribution < -0.4 is 5.32 Å². The summed E-state index contributed by atoms with van der Waals surface area (Å²) in [5.74, 6) is -0.0230. The number of phenolic OH excluding ortho intramolecular Hbond substituents is 1. The van der Waals surface area contributed by atoms with Gasteiger partial charge in [0.15, 0.2) is 0 Å². The summed E-state index contributed by atoms with van der Waals surface area (Å²) >= 11 is 0. The van der Waals surface area contributed by atoms with E-state index in [1.807, 2.05) is 6.08 Å². The molecule has 1 saturated heterocycles. The highest BCUT2D eigenvalue weighted by molar-refractivity contribution is 5.42. The zero-order valence-corrected chi connectivity index (χ0v) is 13.4. The van der Waals surface area contributed by atoms with E-state index in [0.717, 1.165) is 57.4 Å². The molecule has 2 N–H and O–H groups in total. The summed E-state index contributed by atoms with van der Waals surface area (Å²) in [5.41, 5.74) is 1.35. The standard InChI is InChI=1S/C18H27FN2O/c1-3-4-5-6-7-17(21-10-8-20-9-11-21)16-13-15(19)12-14(2)18(16)22/h3,12-13,17,20,22H,1,4-11H2,2H3/t17-/m1/s1. The second-order valence-corrected chi connectivity index (χ2v) is 6.04. The lowest BCUT2D eigenvalue weighted by Gasteiger charge is -2.36. The average molecular weight is 306 g/mol. The van der Waals surface area contributed by atoms with Crippen LogP contribution in [0.4, 0.5) is 4.39 Å². The minimum Gasteiger partial charge on any atom is -0.507 e. The highest BCUT2D eigenvalue weighted by Gasteiger charge is 2.25. The molecule has 122 valence electrons. The highest BCUT2D eigenvalue weighted by Crippen LogP contribution is 2.35. The minimum atomic E-state index is -0.267. The van der Waals surface area contributed by atoms with Gasteiger partial charge in [-0.25, -0.2) is 4.39 Å². The lowest BCUT2D eigenvalue weighted by Crippen LogP contribution is -2.45. The summed E-state index contributed by atoms with van der Waals surface area (Å²) < 4.78 is 13.8. The third-order valence-electron chi connectivity index (χ3n) is 4.38. The normalized spacial score (nSPS) is 17.4. The van der Waals surface area contributed by atoms with Gasteiger partial charge in [0.2, 0.25) is 0 Å². The van der Waals surface area contributed by atoms with Crippen LogP contribution in [0.2, 0.25) is 0 Å². The van der Waals surface area contributed by atoms with Gasteiger partial charge >= 0.3 is 0 Å². The fraction of sp³-hybridized carbons (Fsp3) is 0.556.